The lowest BCUT2D eigenvalue weighted by atomic mass is 9.95. The van der Waals surface area contributed by atoms with E-state index in [-0.39, 0.29) is 18.1 Å². The number of thiophene rings is 1. The molecule has 0 saturated carbocycles. The van der Waals surface area contributed by atoms with Gasteiger partial charge in [-0.15, -0.1) is 11.3 Å². The van der Waals surface area contributed by atoms with Crippen molar-refractivity contribution in [2.75, 3.05) is 11.9 Å². The first kappa shape index (κ1) is 24.4. The summed E-state index contributed by atoms with van der Waals surface area (Å²) >= 11 is 1.43. The van der Waals surface area contributed by atoms with E-state index in [1.165, 1.54) is 15.9 Å². The number of carbonyl (C=O) groups is 2. The molecule has 0 aromatic carbocycles. The highest BCUT2D eigenvalue weighted by molar-refractivity contribution is 7.17. The van der Waals surface area contributed by atoms with Crippen molar-refractivity contribution in [3.63, 3.8) is 0 Å². The molecule has 36 heavy (non-hydrogen) atoms. The van der Waals surface area contributed by atoms with E-state index in [1.54, 1.807) is 18.5 Å². The smallest absolute Gasteiger partial charge is 0.341 e. The van der Waals surface area contributed by atoms with Crippen LogP contribution in [0.1, 0.15) is 82.6 Å². The quantitative estimate of drug-likeness (QED) is 0.506. The van der Waals surface area contributed by atoms with E-state index >= 15 is 0 Å². The van der Waals surface area contributed by atoms with Gasteiger partial charge in [0.15, 0.2) is 0 Å². The van der Waals surface area contributed by atoms with Crippen LogP contribution in [-0.2, 0) is 35.2 Å². The second-order valence-corrected chi connectivity index (χ2v) is 10.6. The lowest BCUT2D eigenvalue weighted by Gasteiger charge is -2.20. The number of carbonyl (C=O) groups excluding carboxylic acids is 2. The van der Waals surface area contributed by atoms with Crippen molar-refractivity contribution in [2.45, 2.75) is 78.7 Å². The zero-order valence-corrected chi connectivity index (χ0v) is 22.0. The van der Waals surface area contributed by atoms with Gasteiger partial charge in [0.05, 0.1) is 23.6 Å². The molecule has 0 bridgehead atoms. The van der Waals surface area contributed by atoms with Crippen molar-refractivity contribution in [1.29, 1.82) is 0 Å². The Morgan fingerprint density at radius 1 is 1.14 bits per heavy atom. The zero-order valence-electron chi connectivity index (χ0n) is 21.1. The largest absolute Gasteiger partial charge is 0.462 e. The molecule has 5 rings (SSSR count). The maximum Gasteiger partial charge on any atom is 0.341 e. The summed E-state index contributed by atoms with van der Waals surface area (Å²) in [5.74, 6) is -0.465. The van der Waals surface area contributed by atoms with Crippen LogP contribution in [0.4, 0.5) is 5.00 Å². The van der Waals surface area contributed by atoms with E-state index < -0.39 is 12.0 Å². The summed E-state index contributed by atoms with van der Waals surface area (Å²) in [5, 5.41) is 7.99. The SMILES string of the molecule is CCOC(=O)c1c(NC(=O)C(C)n2c(-n3nc(C)cc3C)nc3c(c2=O)CCC3)sc2c1CCCC2. The van der Waals surface area contributed by atoms with Gasteiger partial charge in [0, 0.05) is 16.1 Å². The zero-order chi connectivity index (χ0) is 25.6. The third-order valence-corrected chi connectivity index (χ3v) is 8.18. The number of nitrogens with one attached hydrogen (secondary N) is 1. The van der Waals surface area contributed by atoms with E-state index in [9.17, 15) is 14.4 Å². The van der Waals surface area contributed by atoms with Crippen LogP contribution < -0.4 is 10.9 Å². The van der Waals surface area contributed by atoms with E-state index in [0.717, 1.165) is 66.0 Å². The summed E-state index contributed by atoms with van der Waals surface area (Å²) in [7, 11) is 0. The van der Waals surface area contributed by atoms with Crippen LogP contribution in [0.25, 0.3) is 5.95 Å². The van der Waals surface area contributed by atoms with Gasteiger partial charge in [-0.05, 0) is 84.3 Å². The Balaban J connectivity index is 1.56. The lowest BCUT2D eigenvalue weighted by molar-refractivity contribution is -0.118. The van der Waals surface area contributed by atoms with Gasteiger partial charge in [-0.1, -0.05) is 0 Å². The second kappa shape index (κ2) is 9.65. The van der Waals surface area contributed by atoms with Crippen molar-refractivity contribution in [2.24, 2.45) is 0 Å². The van der Waals surface area contributed by atoms with E-state index in [4.69, 9.17) is 9.72 Å². The highest BCUT2D eigenvalue weighted by Crippen LogP contribution is 2.39. The molecule has 2 aliphatic carbocycles. The van der Waals surface area contributed by atoms with E-state index in [2.05, 4.69) is 10.4 Å². The molecule has 1 amide bonds. The normalized spacial score (nSPS) is 15.3. The number of aryl methyl sites for hydroxylation is 4. The standard InChI is InChI=1S/C26H31N5O4S/c1-5-35-25(34)21-18-9-6-7-12-20(18)36-23(21)28-22(32)16(4)30-24(33)17-10-8-11-19(17)27-26(30)31-15(3)13-14(2)29-31/h13,16H,5-12H2,1-4H3,(H,28,32). The highest BCUT2D eigenvalue weighted by Gasteiger charge is 2.31. The van der Waals surface area contributed by atoms with Crippen LogP contribution in [0.15, 0.2) is 10.9 Å². The number of hydrogen-bond donors (Lipinski definition) is 1. The Morgan fingerprint density at radius 2 is 1.89 bits per heavy atom. The molecule has 0 radical (unpaired) electrons. The summed E-state index contributed by atoms with van der Waals surface area (Å²) < 4.78 is 8.39. The first-order valence-corrected chi connectivity index (χ1v) is 13.4. The minimum absolute atomic E-state index is 0.209. The number of esters is 1. The first-order chi connectivity index (χ1) is 17.3. The molecule has 1 N–H and O–H groups in total. The fraction of sp³-hybridized carbons (Fsp3) is 0.500. The number of rotatable bonds is 6. The van der Waals surface area contributed by atoms with Gasteiger partial charge in [-0.3, -0.25) is 14.2 Å². The van der Waals surface area contributed by atoms with Gasteiger partial charge < -0.3 is 10.1 Å². The van der Waals surface area contributed by atoms with Crippen LogP contribution in [-0.4, -0.2) is 37.8 Å². The molecule has 9 nitrogen and oxygen atoms in total. The van der Waals surface area contributed by atoms with Gasteiger partial charge in [-0.25, -0.2) is 14.5 Å². The molecule has 0 aliphatic heterocycles. The van der Waals surface area contributed by atoms with Gasteiger partial charge in [-0.2, -0.15) is 5.10 Å². The van der Waals surface area contributed by atoms with Crippen molar-refractivity contribution >= 4 is 28.2 Å². The van der Waals surface area contributed by atoms with Crippen LogP contribution in [0.3, 0.4) is 0 Å². The fourth-order valence-corrected chi connectivity index (χ4v) is 6.51. The molecule has 10 heteroatoms. The van der Waals surface area contributed by atoms with Crippen LogP contribution >= 0.6 is 11.3 Å². The average molecular weight is 510 g/mol. The molecule has 0 spiro atoms. The molecular formula is C26H31N5O4S. The summed E-state index contributed by atoms with van der Waals surface area (Å²) in [6.07, 6.45) is 5.99. The Kier molecular flexibility index (Phi) is 6.55. The van der Waals surface area contributed by atoms with Crippen molar-refractivity contribution < 1.29 is 14.3 Å². The summed E-state index contributed by atoms with van der Waals surface area (Å²) in [6.45, 7) is 7.49. The fourth-order valence-electron chi connectivity index (χ4n) is 5.23. The lowest BCUT2D eigenvalue weighted by Crippen LogP contribution is -2.37. The Hall–Kier alpha value is -3.27. The Morgan fingerprint density at radius 3 is 2.61 bits per heavy atom. The molecule has 2 aliphatic rings. The van der Waals surface area contributed by atoms with Gasteiger partial charge in [0.1, 0.15) is 11.0 Å². The predicted octanol–water partition coefficient (Wildman–Crippen LogP) is 3.85. The first-order valence-electron chi connectivity index (χ1n) is 12.6. The maximum atomic E-state index is 13.6. The summed E-state index contributed by atoms with van der Waals surface area (Å²) in [4.78, 5) is 46.0. The third-order valence-electron chi connectivity index (χ3n) is 6.97. The highest BCUT2D eigenvalue weighted by atomic mass is 32.1. The molecule has 190 valence electrons. The van der Waals surface area contributed by atoms with Gasteiger partial charge in [0.2, 0.25) is 11.9 Å². The average Bonchev–Trinajstić information content (AvgIpc) is 3.54. The Bertz CT molecular complexity index is 1420. The molecule has 3 aromatic heterocycles. The van der Waals surface area contributed by atoms with Gasteiger partial charge >= 0.3 is 5.97 Å². The topological polar surface area (TPSA) is 108 Å². The molecule has 0 fully saturated rings. The van der Waals surface area contributed by atoms with E-state index in [0.29, 0.717) is 28.5 Å². The van der Waals surface area contributed by atoms with Gasteiger partial charge in [0.25, 0.3) is 5.56 Å². The molecule has 1 unspecified atom stereocenters. The third kappa shape index (κ3) is 4.17. The number of aromatic nitrogens is 4. The van der Waals surface area contributed by atoms with Crippen LogP contribution in [0.2, 0.25) is 0 Å². The molecule has 1 atom stereocenters. The van der Waals surface area contributed by atoms with Crippen LogP contribution in [0.5, 0.6) is 0 Å². The van der Waals surface area contributed by atoms with Crippen LogP contribution in [0, 0.1) is 13.8 Å². The minimum atomic E-state index is -0.871. The predicted molar refractivity (Wildman–Crippen MR) is 137 cm³/mol. The molecule has 3 aromatic rings. The number of nitrogens with zero attached hydrogens (tertiary/aromatic N) is 4. The Labute approximate surface area is 213 Å². The summed E-state index contributed by atoms with van der Waals surface area (Å²) in [6, 6.07) is 1.04. The van der Waals surface area contributed by atoms with E-state index in [1.807, 2.05) is 19.9 Å². The monoisotopic (exact) mass is 509 g/mol. The number of anilines is 1. The van der Waals surface area contributed by atoms with Crippen molar-refractivity contribution in [1.82, 2.24) is 19.3 Å². The molecular weight excluding hydrogens is 478 g/mol. The molecule has 3 heterocycles. The molecule has 0 saturated heterocycles. The minimum Gasteiger partial charge on any atom is -0.462 e. The number of hydrogen-bond acceptors (Lipinski definition) is 7. The number of fused-ring (bicyclic) bond motifs is 2. The number of ether oxygens (including phenoxy) is 1. The van der Waals surface area contributed by atoms with Crippen molar-refractivity contribution in [3.05, 3.63) is 55.1 Å². The summed E-state index contributed by atoms with van der Waals surface area (Å²) in [5.41, 5.74) is 4.30. The maximum absolute atomic E-state index is 13.6. The number of amides is 1. The second-order valence-electron chi connectivity index (χ2n) is 9.51. The van der Waals surface area contributed by atoms with Crippen molar-refractivity contribution in [3.8, 4) is 5.95 Å².